The van der Waals surface area contributed by atoms with Crippen LogP contribution in [-0.4, -0.2) is 13.1 Å². The van der Waals surface area contributed by atoms with Crippen molar-refractivity contribution in [3.05, 3.63) is 29.6 Å². The van der Waals surface area contributed by atoms with Gasteiger partial charge in [-0.15, -0.1) is 12.6 Å². The molecule has 0 unspecified atom stereocenters. The van der Waals surface area contributed by atoms with Crippen molar-refractivity contribution in [1.82, 2.24) is 0 Å². The van der Waals surface area contributed by atoms with Gasteiger partial charge in [-0.25, -0.2) is 4.39 Å². The van der Waals surface area contributed by atoms with Gasteiger partial charge in [-0.05, 0) is 43.0 Å². The summed E-state index contributed by atoms with van der Waals surface area (Å²) >= 11 is 4.18. The van der Waals surface area contributed by atoms with Crippen molar-refractivity contribution >= 4 is 18.6 Å². The van der Waals surface area contributed by atoms with Crippen LogP contribution in [0.15, 0.2) is 23.1 Å². The average Bonchev–Trinajstić information content (AvgIpc) is 2.32. The molecular weight excluding hydrogens is 239 g/mol. The van der Waals surface area contributed by atoms with Crippen molar-refractivity contribution in [2.45, 2.75) is 37.0 Å². The summed E-state index contributed by atoms with van der Waals surface area (Å²) < 4.78 is 17.9. The van der Waals surface area contributed by atoms with Gasteiger partial charge in [0, 0.05) is 11.3 Å². The number of thiol groups is 1. The van der Waals surface area contributed by atoms with E-state index in [0.717, 1.165) is 24.2 Å². The Kier molecular flexibility index (Phi) is 6.05. The number of carbonyl (C=O) groups is 1. The monoisotopic (exact) mass is 256 g/mol. The van der Waals surface area contributed by atoms with Crippen molar-refractivity contribution < 1.29 is 13.9 Å². The molecule has 0 bridgehead atoms. The third kappa shape index (κ3) is 5.22. The number of hydrogen-bond donors (Lipinski definition) is 1. The Balaban J connectivity index is 2.26. The lowest BCUT2D eigenvalue weighted by Crippen LogP contribution is -1.99. The second-order valence-corrected chi connectivity index (χ2v) is 4.43. The van der Waals surface area contributed by atoms with Crippen molar-refractivity contribution in [3.8, 4) is 0 Å². The molecule has 4 heteroatoms. The number of unbranched alkanes of at least 4 members (excludes halogenated alkanes) is 2. The summed E-state index contributed by atoms with van der Waals surface area (Å²) in [6.45, 7) is 0. The molecule has 0 saturated heterocycles. The van der Waals surface area contributed by atoms with Crippen LogP contribution >= 0.6 is 12.6 Å². The first-order valence-electron chi connectivity index (χ1n) is 5.67. The van der Waals surface area contributed by atoms with E-state index in [1.54, 1.807) is 12.1 Å². The summed E-state index contributed by atoms with van der Waals surface area (Å²) in [6.07, 6.45) is 3.67. The number of halogens is 1. The van der Waals surface area contributed by atoms with Crippen molar-refractivity contribution in [2.24, 2.45) is 0 Å². The number of rotatable bonds is 6. The Morgan fingerprint density at radius 2 is 2.12 bits per heavy atom. The molecule has 0 aromatic heterocycles. The first kappa shape index (κ1) is 14.0. The van der Waals surface area contributed by atoms with E-state index in [4.69, 9.17) is 0 Å². The van der Waals surface area contributed by atoms with Gasteiger partial charge in [0.25, 0.3) is 0 Å². The zero-order chi connectivity index (χ0) is 12.7. The molecule has 0 fully saturated rings. The summed E-state index contributed by atoms with van der Waals surface area (Å²) in [6, 6.07) is 4.82. The van der Waals surface area contributed by atoms with Crippen LogP contribution in [0.25, 0.3) is 0 Å². The quantitative estimate of drug-likeness (QED) is 0.480. The molecule has 94 valence electrons. The molecule has 0 aliphatic heterocycles. The molecule has 0 aliphatic carbocycles. The van der Waals surface area contributed by atoms with Gasteiger partial charge >= 0.3 is 5.97 Å². The number of hydrogen-bond acceptors (Lipinski definition) is 3. The van der Waals surface area contributed by atoms with Crippen LogP contribution in [0.4, 0.5) is 4.39 Å². The Morgan fingerprint density at radius 3 is 2.82 bits per heavy atom. The lowest BCUT2D eigenvalue weighted by Gasteiger charge is -2.04. The van der Waals surface area contributed by atoms with E-state index in [1.807, 2.05) is 0 Å². The molecule has 0 radical (unpaired) electrons. The number of carbonyl (C=O) groups excluding carboxylic acids is 1. The van der Waals surface area contributed by atoms with E-state index in [1.165, 1.54) is 13.2 Å². The predicted octanol–water partition coefficient (Wildman–Crippen LogP) is 3.39. The molecule has 0 saturated carbocycles. The minimum Gasteiger partial charge on any atom is -0.469 e. The van der Waals surface area contributed by atoms with Crippen molar-refractivity contribution in [1.29, 1.82) is 0 Å². The highest BCUT2D eigenvalue weighted by Crippen LogP contribution is 2.16. The third-order valence-corrected chi connectivity index (χ3v) is 2.86. The Labute approximate surface area is 107 Å². The van der Waals surface area contributed by atoms with Gasteiger partial charge in [0.1, 0.15) is 5.82 Å². The number of aryl methyl sites for hydroxylation is 1. The van der Waals surface area contributed by atoms with Crippen molar-refractivity contribution in [3.63, 3.8) is 0 Å². The maximum Gasteiger partial charge on any atom is 0.305 e. The van der Waals surface area contributed by atoms with Crippen LogP contribution in [-0.2, 0) is 16.0 Å². The first-order valence-corrected chi connectivity index (χ1v) is 6.12. The van der Waals surface area contributed by atoms with Gasteiger partial charge in [-0.1, -0.05) is 6.42 Å². The zero-order valence-corrected chi connectivity index (χ0v) is 10.8. The molecule has 1 aromatic carbocycles. The van der Waals surface area contributed by atoms with Crippen LogP contribution in [0.5, 0.6) is 0 Å². The van der Waals surface area contributed by atoms with E-state index in [9.17, 15) is 9.18 Å². The topological polar surface area (TPSA) is 26.3 Å². The smallest absolute Gasteiger partial charge is 0.305 e. The van der Waals surface area contributed by atoms with Crippen LogP contribution in [0, 0.1) is 5.82 Å². The highest BCUT2D eigenvalue weighted by Gasteiger charge is 2.03. The molecule has 0 atom stereocenters. The van der Waals surface area contributed by atoms with Gasteiger partial charge in [0.15, 0.2) is 0 Å². The largest absolute Gasteiger partial charge is 0.469 e. The third-order valence-electron chi connectivity index (χ3n) is 2.58. The highest BCUT2D eigenvalue weighted by molar-refractivity contribution is 7.80. The maximum atomic E-state index is 13.4. The van der Waals surface area contributed by atoms with E-state index in [2.05, 4.69) is 17.4 Å². The second-order valence-electron chi connectivity index (χ2n) is 3.91. The maximum absolute atomic E-state index is 13.4. The van der Waals surface area contributed by atoms with Gasteiger partial charge in [-0.3, -0.25) is 4.79 Å². The van der Waals surface area contributed by atoms with Gasteiger partial charge < -0.3 is 4.74 Å². The first-order chi connectivity index (χ1) is 8.13. The molecule has 1 aromatic rings. The van der Waals surface area contributed by atoms with Crippen molar-refractivity contribution in [2.75, 3.05) is 7.11 Å². The minimum atomic E-state index is -0.187. The number of methoxy groups -OCH3 is 1. The fraction of sp³-hybridized carbons (Fsp3) is 0.462. The lowest BCUT2D eigenvalue weighted by atomic mass is 10.1. The molecular formula is C13H17FO2S. The molecule has 0 spiro atoms. The predicted molar refractivity (Wildman–Crippen MR) is 67.8 cm³/mol. The Hall–Kier alpha value is -1.03. The molecule has 2 nitrogen and oxygen atoms in total. The zero-order valence-electron chi connectivity index (χ0n) is 9.91. The van der Waals surface area contributed by atoms with E-state index < -0.39 is 0 Å². The fourth-order valence-electron chi connectivity index (χ4n) is 1.62. The van der Waals surface area contributed by atoms with Crippen LogP contribution in [0.1, 0.15) is 31.2 Å². The Morgan fingerprint density at radius 1 is 1.35 bits per heavy atom. The normalized spacial score (nSPS) is 10.3. The molecule has 0 N–H and O–H groups in total. The summed E-state index contributed by atoms with van der Waals surface area (Å²) in [5.74, 6) is -0.371. The SMILES string of the molecule is COC(=O)CCCCCc1cc(S)ccc1F. The second kappa shape index (κ2) is 7.33. The number of esters is 1. The molecule has 1 rings (SSSR count). The molecule has 0 heterocycles. The summed E-state index contributed by atoms with van der Waals surface area (Å²) in [5.41, 5.74) is 0.690. The molecule has 0 amide bonds. The summed E-state index contributed by atoms with van der Waals surface area (Å²) in [4.78, 5) is 11.6. The van der Waals surface area contributed by atoms with Crippen LogP contribution < -0.4 is 0 Å². The Bertz CT molecular complexity index is 380. The number of benzene rings is 1. The summed E-state index contributed by atoms with van der Waals surface area (Å²) in [5, 5.41) is 0. The number of ether oxygens (including phenoxy) is 1. The standard InChI is InChI=1S/C13H17FO2S/c1-16-13(15)6-4-2-3-5-10-9-11(17)7-8-12(10)14/h7-9,17H,2-6H2,1H3. The van der Waals surface area contributed by atoms with E-state index >= 15 is 0 Å². The average molecular weight is 256 g/mol. The highest BCUT2D eigenvalue weighted by atomic mass is 32.1. The van der Waals surface area contributed by atoms with E-state index in [0.29, 0.717) is 18.4 Å². The van der Waals surface area contributed by atoms with Crippen LogP contribution in [0.3, 0.4) is 0 Å². The van der Waals surface area contributed by atoms with Gasteiger partial charge in [-0.2, -0.15) is 0 Å². The van der Waals surface area contributed by atoms with Crippen LogP contribution in [0.2, 0.25) is 0 Å². The minimum absolute atomic E-state index is 0.184. The molecule has 17 heavy (non-hydrogen) atoms. The lowest BCUT2D eigenvalue weighted by molar-refractivity contribution is -0.140. The van der Waals surface area contributed by atoms with Gasteiger partial charge in [0.2, 0.25) is 0 Å². The summed E-state index contributed by atoms with van der Waals surface area (Å²) in [7, 11) is 1.38. The molecule has 0 aliphatic rings. The fourth-order valence-corrected chi connectivity index (χ4v) is 1.85. The van der Waals surface area contributed by atoms with Gasteiger partial charge in [0.05, 0.1) is 7.11 Å². The van der Waals surface area contributed by atoms with E-state index in [-0.39, 0.29) is 11.8 Å².